The second-order valence-electron chi connectivity index (χ2n) is 5.81. The summed E-state index contributed by atoms with van der Waals surface area (Å²) in [4.78, 5) is 23.2. The summed E-state index contributed by atoms with van der Waals surface area (Å²) >= 11 is 0. The first kappa shape index (κ1) is 20.1. The summed E-state index contributed by atoms with van der Waals surface area (Å²) in [6.45, 7) is 9.83. The third-order valence-corrected chi connectivity index (χ3v) is 4.10. The molecule has 0 aromatic heterocycles. The number of hydrogen-bond donors (Lipinski definition) is 2. The van der Waals surface area contributed by atoms with Crippen molar-refractivity contribution < 1.29 is 24.2 Å². The van der Waals surface area contributed by atoms with Gasteiger partial charge in [-0.3, -0.25) is 9.80 Å². The van der Waals surface area contributed by atoms with Crippen molar-refractivity contribution in [3.05, 3.63) is 35.6 Å². The maximum Gasteiger partial charge on any atom is 0.414 e. The Morgan fingerprint density at radius 2 is 1.75 bits per heavy atom. The summed E-state index contributed by atoms with van der Waals surface area (Å²) in [6.07, 6.45) is 1.21. The quantitative estimate of drug-likeness (QED) is 0.815. The Morgan fingerprint density at radius 3 is 2.21 bits per heavy atom. The van der Waals surface area contributed by atoms with E-state index >= 15 is 0 Å². The molecule has 6 nitrogen and oxygen atoms in total. The average molecular weight is 340 g/mol. The van der Waals surface area contributed by atoms with Crippen LogP contribution in [0.2, 0.25) is 0 Å². The molecular weight excluding hydrogens is 315 g/mol. The van der Waals surface area contributed by atoms with Crippen LogP contribution < -0.4 is 0 Å². The van der Waals surface area contributed by atoms with E-state index in [1.165, 1.54) is 12.5 Å². The van der Waals surface area contributed by atoms with Crippen molar-refractivity contribution in [3.8, 4) is 0 Å². The van der Waals surface area contributed by atoms with Gasteiger partial charge in [-0.05, 0) is 31.0 Å². The molecule has 1 aliphatic heterocycles. The number of piperazine rings is 1. The van der Waals surface area contributed by atoms with Crippen LogP contribution >= 0.6 is 0 Å². The van der Waals surface area contributed by atoms with Crippen LogP contribution in [0.5, 0.6) is 0 Å². The molecule has 0 aliphatic carbocycles. The molecule has 0 spiro atoms. The zero-order chi connectivity index (χ0) is 18.1. The van der Waals surface area contributed by atoms with E-state index in [-0.39, 0.29) is 5.82 Å². The van der Waals surface area contributed by atoms with Gasteiger partial charge in [-0.25, -0.2) is 14.0 Å². The van der Waals surface area contributed by atoms with Crippen LogP contribution in [0, 0.1) is 5.82 Å². The van der Waals surface area contributed by atoms with Crippen molar-refractivity contribution in [1.82, 2.24) is 9.80 Å². The van der Waals surface area contributed by atoms with Crippen molar-refractivity contribution in [2.45, 2.75) is 32.9 Å². The third-order valence-electron chi connectivity index (χ3n) is 4.10. The van der Waals surface area contributed by atoms with Gasteiger partial charge in [0.15, 0.2) is 0 Å². The smallest absolute Gasteiger partial charge is 0.414 e. The number of benzene rings is 1. The van der Waals surface area contributed by atoms with E-state index in [0.717, 1.165) is 38.3 Å². The monoisotopic (exact) mass is 340 g/mol. The number of hydrogen-bond acceptors (Lipinski definition) is 4. The van der Waals surface area contributed by atoms with Crippen LogP contribution in [0.1, 0.15) is 25.8 Å². The number of carboxylic acid groups (broad SMARTS) is 2. The van der Waals surface area contributed by atoms with Crippen LogP contribution in [0.25, 0.3) is 0 Å². The highest BCUT2D eigenvalue weighted by Gasteiger charge is 2.19. The molecule has 2 N–H and O–H groups in total. The zero-order valence-corrected chi connectivity index (χ0v) is 14.1. The van der Waals surface area contributed by atoms with E-state index in [4.69, 9.17) is 19.8 Å². The zero-order valence-electron chi connectivity index (χ0n) is 14.1. The molecule has 1 aromatic carbocycles. The molecule has 1 saturated heterocycles. The summed E-state index contributed by atoms with van der Waals surface area (Å²) in [6, 6.07) is 7.62. The standard InChI is InChI=1S/C15H23FN2.C2H2O4/c1-3-13(2)18-9-7-17(8-10-18)12-14-5-4-6-15(16)11-14;3-1(4)2(5)6/h4-6,11,13H,3,7-10,12H2,1-2H3;(H,3,4)(H,5,6). The van der Waals surface area contributed by atoms with Gasteiger partial charge in [-0.1, -0.05) is 19.1 Å². The fourth-order valence-corrected chi connectivity index (χ4v) is 2.51. The summed E-state index contributed by atoms with van der Waals surface area (Å²) < 4.78 is 13.1. The fourth-order valence-electron chi connectivity index (χ4n) is 2.51. The van der Waals surface area contributed by atoms with Gasteiger partial charge in [0.1, 0.15) is 5.82 Å². The summed E-state index contributed by atoms with van der Waals surface area (Å²) in [5.74, 6) is -3.78. The average Bonchev–Trinajstić information content (AvgIpc) is 2.55. The second kappa shape index (κ2) is 10.00. The minimum Gasteiger partial charge on any atom is -0.473 e. The Balaban J connectivity index is 0.000000413. The van der Waals surface area contributed by atoms with Crippen molar-refractivity contribution in [3.63, 3.8) is 0 Å². The highest BCUT2D eigenvalue weighted by molar-refractivity contribution is 6.27. The molecule has 1 fully saturated rings. The lowest BCUT2D eigenvalue weighted by Crippen LogP contribution is -2.48. The van der Waals surface area contributed by atoms with Crippen molar-refractivity contribution in [2.75, 3.05) is 26.2 Å². The second-order valence-corrected chi connectivity index (χ2v) is 5.81. The highest BCUT2D eigenvalue weighted by atomic mass is 19.1. The van der Waals surface area contributed by atoms with Crippen LogP contribution in [0.15, 0.2) is 24.3 Å². The largest absolute Gasteiger partial charge is 0.473 e. The van der Waals surface area contributed by atoms with Crippen LogP contribution in [-0.4, -0.2) is 64.2 Å². The molecule has 0 amide bonds. The first-order valence-electron chi connectivity index (χ1n) is 8.00. The fraction of sp³-hybridized carbons (Fsp3) is 0.529. The molecule has 1 aliphatic rings. The van der Waals surface area contributed by atoms with Crippen molar-refractivity contribution in [2.24, 2.45) is 0 Å². The van der Waals surface area contributed by atoms with Gasteiger partial charge in [0.25, 0.3) is 0 Å². The molecule has 1 heterocycles. The Morgan fingerprint density at radius 1 is 1.17 bits per heavy atom. The number of rotatable bonds is 4. The first-order chi connectivity index (χ1) is 11.3. The maximum atomic E-state index is 13.1. The minimum atomic E-state index is -1.82. The molecule has 0 bridgehead atoms. The predicted octanol–water partition coefficient (Wildman–Crippen LogP) is 1.90. The topological polar surface area (TPSA) is 81.1 Å². The lowest BCUT2D eigenvalue weighted by atomic mass is 10.1. The van der Waals surface area contributed by atoms with E-state index in [1.807, 2.05) is 6.07 Å². The van der Waals surface area contributed by atoms with Gasteiger partial charge in [-0.15, -0.1) is 0 Å². The predicted molar refractivity (Wildman–Crippen MR) is 88.3 cm³/mol. The van der Waals surface area contributed by atoms with E-state index < -0.39 is 11.9 Å². The summed E-state index contributed by atoms with van der Waals surface area (Å²) in [5.41, 5.74) is 1.08. The van der Waals surface area contributed by atoms with Crippen LogP contribution in [0.4, 0.5) is 4.39 Å². The maximum absolute atomic E-state index is 13.1. The van der Waals surface area contributed by atoms with Gasteiger partial charge in [-0.2, -0.15) is 0 Å². The Labute approximate surface area is 141 Å². The molecule has 0 saturated carbocycles. The first-order valence-corrected chi connectivity index (χ1v) is 8.00. The molecule has 0 radical (unpaired) electrons. The van der Waals surface area contributed by atoms with Gasteiger partial charge in [0.05, 0.1) is 0 Å². The molecule has 1 unspecified atom stereocenters. The molecule has 1 aromatic rings. The Bertz CT molecular complexity index is 533. The van der Waals surface area contributed by atoms with Crippen LogP contribution in [-0.2, 0) is 16.1 Å². The number of nitrogens with zero attached hydrogens (tertiary/aromatic N) is 2. The molecular formula is C17H25FN2O4. The molecule has 134 valence electrons. The molecule has 7 heteroatoms. The lowest BCUT2D eigenvalue weighted by molar-refractivity contribution is -0.159. The van der Waals surface area contributed by atoms with Gasteiger partial charge < -0.3 is 10.2 Å². The third kappa shape index (κ3) is 7.06. The van der Waals surface area contributed by atoms with E-state index in [9.17, 15) is 4.39 Å². The van der Waals surface area contributed by atoms with Gasteiger partial charge >= 0.3 is 11.9 Å². The normalized spacial score (nSPS) is 16.8. The Kier molecular flexibility index (Phi) is 8.35. The van der Waals surface area contributed by atoms with Crippen molar-refractivity contribution in [1.29, 1.82) is 0 Å². The number of carboxylic acids is 2. The summed E-state index contributed by atoms with van der Waals surface area (Å²) in [7, 11) is 0. The van der Waals surface area contributed by atoms with Gasteiger partial charge in [0, 0.05) is 38.8 Å². The molecule has 1 atom stereocenters. The number of halogens is 1. The highest BCUT2D eigenvalue weighted by Crippen LogP contribution is 2.12. The van der Waals surface area contributed by atoms with E-state index in [0.29, 0.717) is 6.04 Å². The Hall–Kier alpha value is -1.99. The minimum absolute atomic E-state index is 0.134. The number of aliphatic carboxylic acids is 2. The van der Waals surface area contributed by atoms with Gasteiger partial charge in [0.2, 0.25) is 0 Å². The van der Waals surface area contributed by atoms with E-state index in [1.54, 1.807) is 12.1 Å². The molecule has 2 rings (SSSR count). The molecule has 24 heavy (non-hydrogen) atoms. The summed E-state index contributed by atoms with van der Waals surface area (Å²) in [5, 5.41) is 14.8. The van der Waals surface area contributed by atoms with Crippen LogP contribution in [0.3, 0.4) is 0 Å². The lowest BCUT2D eigenvalue weighted by Gasteiger charge is -2.37. The van der Waals surface area contributed by atoms with E-state index in [2.05, 4.69) is 23.6 Å². The number of carbonyl (C=O) groups is 2. The SMILES string of the molecule is CCC(C)N1CCN(Cc2cccc(F)c2)CC1.O=C(O)C(=O)O. The van der Waals surface area contributed by atoms with Crippen molar-refractivity contribution >= 4 is 11.9 Å².